The Hall–Kier alpha value is -2.37. The third-order valence-electron chi connectivity index (χ3n) is 2.86. The average Bonchev–Trinajstić information content (AvgIpc) is 2.96. The van der Waals surface area contributed by atoms with E-state index in [4.69, 9.17) is 9.47 Å². The summed E-state index contributed by atoms with van der Waals surface area (Å²) in [5.74, 6) is 0.0501. The zero-order chi connectivity index (χ0) is 14.7. The van der Waals surface area contributed by atoms with Gasteiger partial charge in [0, 0.05) is 29.9 Å². The van der Waals surface area contributed by atoms with Gasteiger partial charge in [-0.15, -0.1) is 0 Å². The van der Waals surface area contributed by atoms with Gasteiger partial charge in [-0.2, -0.15) is 5.10 Å². The van der Waals surface area contributed by atoms with Gasteiger partial charge in [0.1, 0.15) is 5.75 Å². The second-order valence-electron chi connectivity index (χ2n) is 4.57. The van der Waals surface area contributed by atoms with Gasteiger partial charge in [0.15, 0.2) is 5.69 Å². The van der Waals surface area contributed by atoms with E-state index in [0.717, 1.165) is 5.56 Å². The fraction of sp³-hybridized carbons (Fsp3) is 0.357. The van der Waals surface area contributed by atoms with Crippen molar-refractivity contribution in [2.45, 2.75) is 19.9 Å². The molecule has 0 aliphatic rings. The Labute approximate surface area is 117 Å². The first-order valence-corrected chi connectivity index (χ1v) is 6.24. The van der Waals surface area contributed by atoms with E-state index in [2.05, 4.69) is 10.1 Å². The lowest BCUT2D eigenvalue weighted by atomic mass is 10.2. The smallest absolute Gasteiger partial charge is 0.356 e. The van der Waals surface area contributed by atoms with Gasteiger partial charge in [0.05, 0.1) is 26.1 Å². The molecule has 0 bridgehead atoms. The largest absolute Gasteiger partial charge is 0.497 e. The minimum atomic E-state index is -0.499. The van der Waals surface area contributed by atoms with Crippen molar-refractivity contribution in [3.8, 4) is 17.0 Å². The summed E-state index contributed by atoms with van der Waals surface area (Å²) in [5.41, 5.74) is 1.65. The first-order chi connectivity index (χ1) is 9.55. The molecule has 0 N–H and O–H groups in total. The highest BCUT2D eigenvalue weighted by Gasteiger charge is 2.13. The van der Waals surface area contributed by atoms with Gasteiger partial charge in [-0.1, -0.05) is 0 Å². The molecule has 0 aromatic carbocycles. The monoisotopic (exact) mass is 275 g/mol. The Morgan fingerprint density at radius 2 is 2.05 bits per heavy atom. The number of aromatic nitrogens is 3. The Kier molecular flexibility index (Phi) is 4.02. The number of hydrogen-bond acceptors (Lipinski definition) is 5. The molecular formula is C14H17N3O3. The van der Waals surface area contributed by atoms with Crippen LogP contribution in [0.1, 0.15) is 30.4 Å². The highest BCUT2D eigenvalue weighted by Crippen LogP contribution is 2.23. The van der Waals surface area contributed by atoms with E-state index >= 15 is 0 Å². The minimum Gasteiger partial charge on any atom is -0.497 e. The topological polar surface area (TPSA) is 66.2 Å². The van der Waals surface area contributed by atoms with Gasteiger partial charge in [-0.3, -0.25) is 4.68 Å². The number of hydrogen-bond donors (Lipinski definition) is 0. The molecule has 0 amide bonds. The van der Waals surface area contributed by atoms with E-state index in [-0.39, 0.29) is 11.7 Å². The molecular weight excluding hydrogens is 258 g/mol. The molecule has 2 rings (SSSR count). The maximum atomic E-state index is 11.6. The van der Waals surface area contributed by atoms with Gasteiger partial charge < -0.3 is 9.47 Å². The maximum absolute atomic E-state index is 11.6. The highest BCUT2D eigenvalue weighted by molar-refractivity contribution is 5.88. The number of rotatable bonds is 4. The van der Waals surface area contributed by atoms with Crippen LogP contribution in [0.5, 0.6) is 5.75 Å². The standard InChI is InChI=1S/C14H17N3O3/c1-9(2)17-8-10(7-15-17)12-5-11(19-3)6-13(16-12)14(18)20-4/h5-9H,1-4H3. The zero-order valence-electron chi connectivity index (χ0n) is 12.0. The van der Waals surface area contributed by atoms with Gasteiger partial charge in [0.25, 0.3) is 0 Å². The summed E-state index contributed by atoms with van der Waals surface area (Å²) in [6.45, 7) is 4.07. The molecule has 0 aliphatic carbocycles. The molecule has 20 heavy (non-hydrogen) atoms. The van der Waals surface area contributed by atoms with Crippen LogP contribution in [0.2, 0.25) is 0 Å². The lowest BCUT2D eigenvalue weighted by Crippen LogP contribution is -2.05. The molecule has 0 atom stereocenters. The maximum Gasteiger partial charge on any atom is 0.356 e. The molecule has 106 valence electrons. The fourth-order valence-electron chi connectivity index (χ4n) is 1.73. The Morgan fingerprint density at radius 3 is 2.60 bits per heavy atom. The zero-order valence-corrected chi connectivity index (χ0v) is 12.0. The van der Waals surface area contributed by atoms with Crippen LogP contribution in [0.3, 0.4) is 0 Å². The van der Waals surface area contributed by atoms with Crippen LogP contribution in [0.4, 0.5) is 0 Å². The Morgan fingerprint density at radius 1 is 1.30 bits per heavy atom. The lowest BCUT2D eigenvalue weighted by molar-refractivity contribution is 0.0593. The second kappa shape index (κ2) is 5.73. The molecule has 0 saturated heterocycles. The molecule has 2 aromatic rings. The SMILES string of the molecule is COC(=O)c1cc(OC)cc(-c2cnn(C(C)C)c2)n1. The van der Waals surface area contributed by atoms with Crippen molar-refractivity contribution in [1.29, 1.82) is 0 Å². The predicted octanol–water partition coefficient (Wildman–Crippen LogP) is 2.32. The van der Waals surface area contributed by atoms with Crippen LogP contribution in [0.15, 0.2) is 24.5 Å². The van der Waals surface area contributed by atoms with Gasteiger partial charge in [-0.05, 0) is 13.8 Å². The van der Waals surface area contributed by atoms with Gasteiger partial charge in [-0.25, -0.2) is 9.78 Å². The van der Waals surface area contributed by atoms with Crippen LogP contribution >= 0.6 is 0 Å². The third kappa shape index (κ3) is 2.79. The number of nitrogens with zero attached hydrogens (tertiary/aromatic N) is 3. The molecule has 2 heterocycles. The van der Waals surface area contributed by atoms with Crippen LogP contribution in [-0.2, 0) is 4.74 Å². The van der Waals surface area contributed by atoms with Crippen molar-refractivity contribution >= 4 is 5.97 Å². The van der Waals surface area contributed by atoms with Crippen LogP contribution in [0, 0.1) is 0 Å². The lowest BCUT2D eigenvalue weighted by Gasteiger charge is -2.06. The van der Waals surface area contributed by atoms with Crippen molar-refractivity contribution in [2.75, 3.05) is 14.2 Å². The van der Waals surface area contributed by atoms with Gasteiger partial charge >= 0.3 is 5.97 Å². The van der Waals surface area contributed by atoms with E-state index in [9.17, 15) is 4.79 Å². The number of methoxy groups -OCH3 is 2. The van der Waals surface area contributed by atoms with Crippen LogP contribution in [0.25, 0.3) is 11.3 Å². The molecule has 0 fully saturated rings. The van der Waals surface area contributed by atoms with E-state index in [1.54, 1.807) is 18.3 Å². The number of pyridine rings is 1. The van der Waals surface area contributed by atoms with E-state index in [1.807, 2.05) is 24.7 Å². The molecule has 2 aromatic heterocycles. The average molecular weight is 275 g/mol. The Bertz CT molecular complexity index is 620. The molecule has 0 unspecified atom stereocenters. The number of carbonyl (C=O) groups is 1. The number of esters is 1. The quantitative estimate of drug-likeness (QED) is 0.801. The van der Waals surface area contributed by atoms with E-state index < -0.39 is 5.97 Å². The van der Waals surface area contributed by atoms with Crippen molar-refractivity contribution in [3.05, 3.63) is 30.2 Å². The van der Waals surface area contributed by atoms with Crippen molar-refractivity contribution in [3.63, 3.8) is 0 Å². The summed E-state index contributed by atoms with van der Waals surface area (Å²) in [6, 6.07) is 3.56. The summed E-state index contributed by atoms with van der Waals surface area (Å²) < 4.78 is 11.7. The molecule has 0 spiro atoms. The molecule has 0 saturated carbocycles. The summed E-state index contributed by atoms with van der Waals surface area (Å²) >= 11 is 0. The summed E-state index contributed by atoms with van der Waals surface area (Å²) in [5, 5.41) is 4.26. The molecule has 0 radical (unpaired) electrons. The van der Waals surface area contributed by atoms with Crippen LogP contribution < -0.4 is 4.74 Å². The summed E-state index contributed by atoms with van der Waals surface area (Å²) in [7, 11) is 2.86. The predicted molar refractivity (Wildman–Crippen MR) is 73.7 cm³/mol. The minimum absolute atomic E-state index is 0.208. The summed E-state index contributed by atoms with van der Waals surface area (Å²) in [4.78, 5) is 15.9. The van der Waals surface area contributed by atoms with Crippen LogP contribution in [-0.4, -0.2) is 35.0 Å². The first kappa shape index (κ1) is 14.0. The molecule has 6 nitrogen and oxygen atoms in total. The second-order valence-corrected chi connectivity index (χ2v) is 4.57. The number of ether oxygens (including phenoxy) is 2. The normalized spacial score (nSPS) is 10.7. The van der Waals surface area contributed by atoms with Crippen molar-refractivity contribution in [1.82, 2.24) is 14.8 Å². The third-order valence-corrected chi connectivity index (χ3v) is 2.86. The van der Waals surface area contributed by atoms with Crippen molar-refractivity contribution < 1.29 is 14.3 Å². The van der Waals surface area contributed by atoms with Gasteiger partial charge in [0.2, 0.25) is 0 Å². The molecule has 0 aliphatic heterocycles. The fourth-order valence-corrected chi connectivity index (χ4v) is 1.73. The first-order valence-electron chi connectivity index (χ1n) is 6.24. The molecule has 6 heteroatoms. The van der Waals surface area contributed by atoms with E-state index in [1.165, 1.54) is 14.2 Å². The number of carbonyl (C=O) groups excluding carboxylic acids is 1. The summed E-state index contributed by atoms with van der Waals surface area (Å²) in [6.07, 6.45) is 3.59. The van der Waals surface area contributed by atoms with Crippen molar-refractivity contribution in [2.24, 2.45) is 0 Å². The highest BCUT2D eigenvalue weighted by atomic mass is 16.5. The Balaban J connectivity index is 2.46. The van der Waals surface area contributed by atoms with E-state index in [0.29, 0.717) is 11.4 Å².